The van der Waals surface area contributed by atoms with E-state index in [1.165, 1.54) is 6.20 Å². The summed E-state index contributed by atoms with van der Waals surface area (Å²) >= 11 is 0. The molecule has 3 rings (SSSR count). The highest BCUT2D eigenvalue weighted by Gasteiger charge is 2.15. The second-order valence-electron chi connectivity index (χ2n) is 6.01. The molecule has 0 saturated heterocycles. The number of methoxy groups -OCH3 is 1. The van der Waals surface area contributed by atoms with E-state index >= 15 is 0 Å². The Labute approximate surface area is 168 Å². The summed E-state index contributed by atoms with van der Waals surface area (Å²) in [5, 5.41) is 5.90. The molecule has 2 aromatic carbocycles. The van der Waals surface area contributed by atoms with Crippen molar-refractivity contribution in [1.29, 1.82) is 0 Å². The number of nitrogens with one attached hydrogen (secondary N) is 2. The first-order valence-electron chi connectivity index (χ1n) is 9.05. The number of pyridine rings is 1. The quantitative estimate of drug-likeness (QED) is 0.585. The second kappa shape index (κ2) is 9.36. The Hall–Kier alpha value is -3.87. The van der Waals surface area contributed by atoms with Gasteiger partial charge in [0.25, 0.3) is 5.91 Å². The van der Waals surface area contributed by atoms with Crippen LogP contribution in [0, 0.1) is 0 Å². The van der Waals surface area contributed by atoms with Gasteiger partial charge in [-0.15, -0.1) is 0 Å². The van der Waals surface area contributed by atoms with E-state index in [1.807, 2.05) is 24.3 Å². The van der Waals surface area contributed by atoms with Gasteiger partial charge in [-0.3, -0.25) is 4.79 Å². The van der Waals surface area contributed by atoms with Gasteiger partial charge < -0.3 is 20.1 Å². The molecule has 0 aliphatic rings. The van der Waals surface area contributed by atoms with E-state index in [4.69, 9.17) is 9.47 Å². The maximum Gasteiger partial charge on any atom is 0.340 e. The first kappa shape index (κ1) is 19.9. The Bertz CT molecular complexity index is 1020. The van der Waals surface area contributed by atoms with Crippen molar-refractivity contribution in [3.8, 4) is 5.75 Å². The number of anilines is 3. The Morgan fingerprint density at radius 2 is 1.86 bits per heavy atom. The Kier molecular flexibility index (Phi) is 6.42. The molecule has 1 amide bonds. The van der Waals surface area contributed by atoms with Crippen molar-refractivity contribution >= 4 is 29.1 Å². The minimum Gasteiger partial charge on any atom is -0.497 e. The van der Waals surface area contributed by atoms with Crippen LogP contribution in [0.25, 0.3) is 0 Å². The fourth-order valence-electron chi connectivity index (χ4n) is 2.66. The molecule has 0 aliphatic heterocycles. The Balaban J connectivity index is 1.77. The summed E-state index contributed by atoms with van der Waals surface area (Å²) in [5.41, 5.74) is 1.85. The van der Waals surface area contributed by atoms with Crippen molar-refractivity contribution in [2.45, 2.75) is 6.92 Å². The highest BCUT2D eigenvalue weighted by molar-refractivity contribution is 6.08. The van der Waals surface area contributed by atoms with E-state index in [1.54, 1.807) is 50.4 Å². The first-order chi connectivity index (χ1) is 14.1. The molecule has 0 bridgehead atoms. The van der Waals surface area contributed by atoms with Gasteiger partial charge in [-0.2, -0.15) is 0 Å². The van der Waals surface area contributed by atoms with Crippen molar-refractivity contribution in [2.24, 2.45) is 0 Å². The van der Waals surface area contributed by atoms with Crippen LogP contribution in [0.15, 0.2) is 66.9 Å². The molecule has 2 N–H and O–H groups in total. The van der Waals surface area contributed by atoms with Crippen molar-refractivity contribution in [3.05, 3.63) is 78.0 Å². The number of para-hydroxylation sites is 1. The van der Waals surface area contributed by atoms with Crippen LogP contribution >= 0.6 is 0 Å². The molecule has 0 atom stereocenters. The van der Waals surface area contributed by atoms with Crippen molar-refractivity contribution in [2.75, 3.05) is 24.4 Å². The number of ether oxygens (including phenoxy) is 2. The molecule has 7 nitrogen and oxygen atoms in total. The number of esters is 1. The third-order valence-electron chi connectivity index (χ3n) is 4.03. The van der Waals surface area contributed by atoms with Crippen LogP contribution in [0.3, 0.4) is 0 Å². The number of carbonyl (C=O) groups is 2. The Morgan fingerprint density at radius 1 is 1.03 bits per heavy atom. The van der Waals surface area contributed by atoms with Crippen LogP contribution in [-0.4, -0.2) is 30.6 Å². The predicted octanol–water partition coefficient (Wildman–Crippen LogP) is 4.26. The molecule has 0 radical (unpaired) electrons. The molecular formula is C22H21N3O4. The average Bonchev–Trinajstić information content (AvgIpc) is 2.74. The molecule has 7 heteroatoms. The zero-order chi connectivity index (χ0) is 20.6. The molecule has 0 fully saturated rings. The van der Waals surface area contributed by atoms with E-state index in [0.29, 0.717) is 28.4 Å². The number of hydrogen-bond donors (Lipinski definition) is 2. The van der Waals surface area contributed by atoms with Gasteiger partial charge in [0.05, 0.1) is 25.0 Å². The molecule has 0 aliphatic carbocycles. The lowest BCUT2D eigenvalue weighted by Crippen LogP contribution is -2.16. The maximum absolute atomic E-state index is 12.7. The maximum atomic E-state index is 12.7. The molecule has 1 heterocycles. The normalized spacial score (nSPS) is 10.1. The van der Waals surface area contributed by atoms with E-state index < -0.39 is 5.97 Å². The monoisotopic (exact) mass is 391 g/mol. The van der Waals surface area contributed by atoms with Gasteiger partial charge in [0, 0.05) is 23.5 Å². The highest BCUT2D eigenvalue weighted by atomic mass is 16.5. The summed E-state index contributed by atoms with van der Waals surface area (Å²) < 4.78 is 10.2. The standard InChI is InChI=1S/C22H21N3O4/c1-3-29-22(27)18-9-4-5-10-19(18)25-21(26)15-11-12-23-20(13-15)24-16-7-6-8-17(14-16)28-2/h4-14H,3H2,1-2H3,(H,23,24)(H,25,26). The minimum absolute atomic E-state index is 0.255. The summed E-state index contributed by atoms with van der Waals surface area (Å²) in [6.45, 7) is 1.98. The third kappa shape index (κ3) is 5.10. The van der Waals surface area contributed by atoms with Crippen LogP contribution < -0.4 is 15.4 Å². The lowest BCUT2D eigenvalue weighted by molar-refractivity contribution is 0.0527. The van der Waals surface area contributed by atoms with Crippen LogP contribution in [-0.2, 0) is 4.74 Å². The zero-order valence-corrected chi connectivity index (χ0v) is 16.1. The van der Waals surface area contributed by atoms with Gasteiger partial charge in [0.15, 0.2) is 0 Å². The van der Waals surface area contributed by atoms with E-state index in [9.17, 15) is 9.59 Å². The minimum atomic E-state index is -0.487. The van der Waals surface area contributed by atoms with Gasteiger partial charge in [-0.1, -0.05) is 18.2 Å². The summed E-state index contributed by atoms with van der Waals surface area (Å²) in [4.78, 5) is 29.0. The number of hydrogen-bond acceptors (Lipinski definition) is 6. The number of rotatable bonds is 7. The topological polar surface area (TPSA) is 89.5 Å². The fourth-order valence-corrected chi connectivity index (χ4v) is 2.66. The summed E-state index contributed by atoms with van der Waals surface area (Å²) in [6, 6.07) is 17.3. The summed E-state index contributed by atoms with van der Waals surface area (Å²) in [6.07, 6.45) is 1.54. The molecule has 0 saturated carbocycles. The summed E-state index contributed by atoms with van der Waals surface area (Å²) in [5.74, 6) is 0.361. The van der Waals surface area contributed by atoms with Gasteiger partial charge in [0.2, 0.25) is 0 Å². The van der Waals surface area contributed by atoms with Gasteiger partial charge in [-0.05, 0) is 43.3 Å². The largest absolute Gasteiger partial charge is 0.497 e. The molecule has 3 aromatic rings. The number of nitrogens with zero attached hydrogens (tertiary/aromatic N) is 1. The van der Waals surface area contributed by atoms with Gasteiger partial charge in [-0.25, -0.2) is 9.78 Å². The molecular weight excluding hydrogens is 370 g/mol. The average molecular weight is 391 g/mol. The van der Waals surface area contributed by atoms with Gasteiger partial charge >= 0.3 is 5.97 Å². The third-order valence-corrected chi connectivity index (χ3v) is 4.03. The molecule has 29 heavy (non-hydrogen) atoms. The predicted molar refractivity (Wildman–Crippen MR) is 111 cm³/mol. The fraction of sp³-hybridized carbons (Fsp3) is 0.136. The van der Waals surface area contributed by atoms with Crippen molar-refractivity contribution < 1.29 is 19.1 Å². The molecule has 1 aromatic heterocycles. The molecule has 0 spiro atoms. The number of carbonyl (C=O) groups excluding carboxylic acids is 2. The van der Waals surface area contributed by atoms with E-state index in [-0.39, 0.29) is 12.5 Å². The van der Waals surface area contributed by atoms with Crippen LogP contribution in [0.2, 0.25) is 0 Å². The zero-order valence-electron chi connectivity index (χ0n) is 16.1. The Morgan fingerprint density at radius 3 is 2.66 bits per heavy atom. The number of aromatic nitrogens is 1. The van der Waals surface area contributed by atoms with Crippen LogP contribution in [0.5, 0.6) is 5.75 Å². The van der Waals surface area contributed by atoms with E-state index in [2.05, 4.69) is 15.6 Å². The number of amides is 1. The highest BCUT2D eigenvalue weighted by Crippen LogP contribution is 2.22. The second-order valence-corrected chi connectivity index (χ2v) is 6.01. The SMILES string of the molecule is CCOC(=O)c1ccccc1NC(=O)c1ccnc(Nc2cccc(OC)c2)c1. The van der Waals surface area contributed by atoms with Crippen molar-refractivity contribution in [3.63, 3.8) is 0 Å². The van der Waals surface area contributed by atoms with E-state index in [0.717, 1.165) is 5.69 Å². The summed E-state index contributed by atoms with van der Waals surface area (Å²) in [7, 11) is 1.59. The smallest absolute Gasteiger partial charge is 0.340 e. The molecule has 148 valence electrons. The van der Waals surface area contributed by atoms with Crippen LogP contribution in [0.1, 0.15) is 27.6 Å². The van der Waals surface area contributed by atoms with Crippen molar-refractivity contribution in [1.82, 2.24) is 4.98 Å². The number of benzene rings is 2. The lowest BCUT2D eigenvalue weighted by Gasteiger charge is -2.11. The molecule has 0 unspecified atom stereocenters. The van der Waals surface area contributed by atoms with Gasteiger partial charge in [0.1, 0.15) is 11.6 Å². The van der Waals surface area contributed by atoms with Crippen LogP contribution in [0.4, 0.5) is 17.2 Å². The first-order valence-corrected chi connectivity index (χ1v) is 9.05. The lowest BCUT2D eigenvalue weighted by atomic mass is 10.1.